The van der Waals surface area contributed by atoms with E-state index in [0.29, 0.717) is 28.9 Å². The molecule has 1 aliphatic rings. The maximum atomic E-state index is 12.3. The highest BCUT2D eigenvalue weighted by Crippen LogP contribution is 2.28. The van der Waals surface area contributed by atoms with Crippen molar-refractivity contribution >= 4 is 12.2 Å². The van der Waals surface area contributed by atoms with Gasteiger partial charge in [0.05, 0.1) is 7.11 Å². The highest BCUT2D eigenvalue weighted by Gasteiger charge is 2.25. The fourth-order valence-corrected chi connectivity index (χ4v) is 2.97. The Morgan fingerprint density at radius 3 is 2.55 bits per heavy atom. The summed E-state index contributed by atoms with van der Waals surface area (Å²) in [5, 5.41) is 0. The van der Waals surface area contributed by atoms with E-state index in [2.05, 4.69) is 13.8 Å². The number of hydrogen-bond acceptors (Lipinski definition) is 4. The molecule has 2 atom stereocenters. The van der Waals surface area contributed by atoms with Crippen LogP contribution in [0.5, 0.6) is 11.5 Å². The molecule has 1 aromatic carbocycles. The Bertz CT molecular complexity index is 533. The van der Waals surface area contributed by atoms with Gasteiger partial charge in [-0.2, -0.15) is 0 Å². The number of hydrogen-bond donors (Lipinski definition) is 0. The van der Waals surface area contributed by atoms with E-state index in [-0.39, 0.29) is 12.5 Å². The minimum absolute atomic E-state index is 0.0140. The second-order valence-electron chi connectivity index (χ2n) is 6.06. The molecule has 0 saturated carbocycles. The van der Waals surface area contributed by atoms with E-state index in [1.54, 1.807) is 18.2 Å². The van der Waals surface area contributed by atoms with Crippen molar-refractivity contribution in [1.29, 1.82) is 0 Å². The van der Waals surface area contributed by atoms with Gasteiger partial charge in [0, 0.05) is 18.7 Å². The van der Waals surface area contributed by atoms with Gasteiger partial charge >= 0.3 is 0 Å². The third-order valence-electron chi connectivity index (χ3n) is 3.90. The quantitative estimate of drug-likeness (QED) is 0.784. The van der Waals surface area contributed by atoms with E-state index in [0.717, 1.165) is 25.8 Å². The summed E-state index contributed by atoms with van der Waals surface area (Å²) in [6.45, 7) is 5.88. The van der Waals surface area contributed by atoms with Gasteiger partial charge in [0.1, 0.15) is 6.29 Å². The number of aldehydes is 1. The topological polar surface area (TPSA) is 55.8 Å². The number of methoxy groups -OCH3 is 1. The van der Waals surface area contributed by atoms with Gasteiger partial charge in [-0.3, -0.25) is 9.59 Å². The van der Waals surface area contributed by atoms with Gasteiger partial charge in [-0.15, -0.1) is 0 Å². The second-order valence-corrected chi connectivity index (χ2v) is 6.06. The summed E-state index contributed by atoms with van der Waals surface area (Å²) in [5.74, 6) is 1.96. The van der Waals surface area contributed by atoms with Crippen LogP contribution < -0.4 is 9.47 Å². The van der Waals surface area contributed by atoms with E-state index < -0.39 is 0 Å². The van der Waals surface area contributed by atoms with Crippen LogP contribution >= 0.6 is 0 Å². The minimum Gasteiger partial charge on any atom is -0.493 e. The number of carbonyl (C=O) groups is 2. The maximum absolute atomic E-state index is 12.3. The molecule has 1 aliphatic heterocycles. The Hall–Kier alpha value is -2.04. The summed E-state index contributed by atoms with van der Waals surface area (Å²) in [6.07, 6.45) is 1.90. The highest BCUT2D eigenvalue weighted by atomic mass is 16.5. The second kappa shape index (κ2) is 7.29. The lowest BCUT2D eigenvalue weighted by molar-refractivity contribution is -0.136. The van der Waals surface area contributed by atoms with Crippen molar-refractivity contribution in [3.8, 4) is 11.5 Å². The van der Waals surface area contributed by atoms with Crippen LogP contribution in [0.2, 0.25) is 0 Å². The van der Waals surface area contributed by atoms with Crippen molar-refractivity contribution in [2.75, 3.05) is 26.8 Å². The lowest BCUT2D eigenvalue weighted by atomic mass is 9.92. The molecule has 2 unspecified atom stereocenters. The molecule has 0 aliphatic carbocycles. The first-order valence-corrected chi connectivity index (χ1v) is 7.57. The molecule has 5 nitrogen and oxygen atoms in total. The van der Waals surface area contributed by atoms with Gasteiger partial charge in [-0.05, 0) is 36.5 Å². The molecule has 0 radical (unpaired) electrons. The van der Waals surface area contributed by atoms with Crippen LogP contribution in [0.1, 0.15) is 30.6 Å². The summed E-state index contributed by atoms with van der Waals surface area (Å²) >= 11 is 0. The minimum atomic E-state index is -0.0176. The Balaban J connectivity index is 1.97. The lowest BCUT2D eigenvalue weighted by Gasteiger charge is -2.34. The monoisotopic (exact) mass is 305 g/mol. The van der Waals surface area contributed by atoms with E-state index in [4.69, 9.17) is 9.47 Å². The number of benzene rings is 1. The zero-order valence-electron chi connectivity index (χ0n) is 13.4. The molecule has 1 amide bonds. The van der Waals surface area contributed by atoms with E-state index >= 15 is 0 Å². The van der Waals surface area contributed by atoms with Crippen LogP contribution in [0.15, 0.2) is 18.2 Å². The van der Waals surface area contributed by atoms with Crippen LogP contribution in [0.4, 0.5) is 0 Å². The number of amides is 1. The Kier molecular flexibility index (Phi) is 5.41. The van der Waals surface area contributed by atoms with E-state index in [1.807, 2.05) is 4.90 Å². The third kappa shape index (κ3) is 4.00. The fraction of sp³-hybridized carbons (Fsp3) is 0.529. The molecule has 1 aromatic rings. The molecule has 0 aromatic heterocycles. The molecular weight excluding hydrogens is 282 g/mol. The van der Waals surface area contributed by atoms with Gasteiger partial charge in [-0.25, -0.2) is 0 Å². The van der Waals surface area contributed by atoms with Gasteiger partial charge < -0.3 is 14.4 Å². The average molecular weight is 305 g/mol. The van der Waals surface area contributed by atoms with Crippen LogP contribution in [-0.4, -0.2) is 43.9 Å². The molecule has 5 heteroatoms. The predicted molar refractivity (Wildman–Crippen MR) is 83.4 cm³/mol. The number of carbonyl (C=O) groups excluding carboxylic acids is 2. The Morgan fingerprint density at radius 2 is 1.95 bits per heavy atom. The molecule has 2 rings (SSSR count). The van der Waals surface area contributed by atoms with E-state index in [1.165, 1.54) is 7.11 Å². The maximum Gasteiger partial charge on any atom is 0.260 e. The van der Waals surface area contributed by atoms with Gasteiger partial charge in [0.2, 0.25) is 0 Å². The molecule has 1 fully saturated rings. The van der Waals surface area contributed by atoms with Gasteiger partial charge in [0.15, 0.2) is 18.1 Å². The number of piperidine rings is 1. The van der Waals surface area contributed by atoms with Crippen molar-refractivity contribution in [2.24, 2.45) is 11.8 Å². The summed E-state index contributed by atoms with van der Waals surface area (Å²) in [7, 11) is 1.51. The zero-order chi connectivity index (χ0) is 16.1. The Morgan fingerprint density at radius 1 is 1.27 bits per heavy atom. The van der Waals surface area contributed by atoms with Crippen molar-refractivity contribution in [3.63, 3.8) is 0 Å². The largest absolute Gasteiger partial charge is 0.493 e. The summed E-state index contributed by atoms with van der Waals surface area (Å²) < 4.78 is 10.8. The number of ether oxygens (including phenoxy) is 2. The number of rotatable bonds is 5. The molecule has 22 heavy (non-hydrogen) atoms. The van der Waals surface area contributed by atoms with Crippen LogP contribution in [0.25, 0.3) is 0 Å². The summed E-state index contributed by atoms with van der Waals surface area (Å²) in [5.41, 5.74) is 0.509. The normalized spacial score (nSPS) is 21.3. The molecule has 1 saturated heterocycles. The summed E-state index contributed by atoms with van der Waals surface area (Å²) in [6, 6.07) is 4.88. The van der Waals surface area contributed by atoms with Crippen molar-refractivity contribution < 1.29 is 19.1 Å². The molecule has 0 spiro atoms. The molecule has 0 N–H and O–H groups in total. The first kappa shape index (κ1) is 16.3. The van der Waals surface area contributed by atoms with Gasteiger partial charge in [-0.1, -0.05) is 13.8 Å². The average Bonchev–Trinajstić information content (AvgIpc) is 2.51. The number of likely N-dealkylation sites (tertiary alicyclic amines) is 1. The first-order chi connectivity index (χ1) is 10.5. The van der Waals surface area contributed by atoms with Crippen molar-refractivity contribution in [2.45, 2.75) is 20.3 Å². The smallest absolute Gasteiger partial charge is 0.260 e. The molecular formula is C17H23NO4. The standard InChI is InChI=1S/C17H23NO4/c1-12-6-13(2)9-18(8-12)17(20)11-22-15-5-4-14(10-19)7-16(15)21-3/h4-5,7,10,12-13H,6,8-9,11H2,1-3H3. The van der Waals surface area contributed by atoms with Crippen LogP contribution in [0.3, 0.4) is 0 Å². The van der Waals surface area contributed by atoms with Crippen LogP contribution in [-0.2, 0) is 4.79 Å². The summed E-state index contributed by atoms with van der Waals surface area (Å²) in [4.78, 5) is 24.9. The predicted octanol–water partition coefficient (Wildman–Crippen LogP) is 2.39. The lowest BCUT2D eigenvalue weighted by Crippen LogP contribution is -2.44. The van der Waals surface area contributed by atoms with Gasteiger partial charge in [0.25, 0.3) is 5.91 Å². The van der Waals surface area contributed by atoms with Crippen molar-refractivity contribution in [3.05, 3.63) is 23.8 Å². The van der Waals surface area contributed by atoms with Crippen LogP contribution in [0, 0.1) is 11.8 Å². The Labute approximate surface area is 131 Å². The molecule has 120 valence electrons. The highest BCUT2D eigenvalue weighted by molar-refractivity contribution is 5.78. The third-order valence-corrected chi connectivity index (χ3v) is 3.90. The SMILES string of the molecule is COc1cc(C=O)ccc1OCC(=O)N1CC(C)CC(C)C1. The zero-order valence-corrected chi connectivity index (χ0v) is 13.4. The number of nitrogens with zero attached hydrogens (tertiary/aromatic N) is 1. The molecule has 0 bridgehead atoms. The van der Waals surface area contributed by atoms with Crippen molar-refractivity contribution in [1.82, 2.24) is 4.90 Å². The fourth-order valence-electron chi connectivity index (χ4n) is 2.97. The van der Waals surface area contributed by atoms with E-state index in [9.17, 15) is 9.59 Å². The molecule has 1 heterocycles. The first-order valence-electron chi connectivity index (χ1n) is 7.57.